The average Bonchev–Trinajstić information content (AvgIpc) is 3.20. The average molecular weight is 276 g/mol. The van der Waals surface area contributed by atoms with Gasteiger partial charge in [-0.1, -0.05) is 12.8 Å². The normalized spacial score (nSPS) is 22.6. The first-order chi connectivity index (χ1) is 9.83. The molecule has 0 bridgehead atoms. The van der Waals surface area contributed by atoms with E-state index in [1.807, 2.05) is 0 Å². The molecular formula is C16H28N4. The van der Waals surface area contributed by atoms with Crippen LogP contribution in [0.25, 0.3) is 0 Å². The van der Waals surface area contributed by atoms with Gasteiger partial charge in [-0.05, 0) is 51.8 Å². The fraction of sp³-hybridized carbons (Fsp3) is 0.812. The van der Waals surface area contributed by atoms with Gasteiger partial charge in [0.1, 0.15) is 0 Å². The third-order valence-corrected chi connectivity index (χ3v) is 4.87. The Balaban J connectivity index is 1.41. The van der Waals surface area contributed by atoms with E-state index in [0.29, 0.717) is 12.1 Å². The van der Waals surface area contributed by atoms with Crippen molar-refractivity contribution in [2.45, 2.75) is 64.1 Å². The molecule has 1 saturated carbocycles. The molecule has 2 fully saturated rings. The topological polar surface area (TPSA) is 33.1 Å². The Bertz CT molecular complexity index is 402. The number of likely N-dealkylation sites (tertiary alicyclic amines) is 1. The van der Waals surface area contributed by atoms with E-state index < -0.39 is 0 Å². The summed E-state index contributed by atoms with van der Waals surface area (Å²) in [6.07, 6.45) is 10.3. The number of aromatic nitrogens is 2. The number of hydrogen-bond donors (Lipinski definition) is 1. The van der Waals surface area contributed by atoms with Crippen molar-refractivity contribution in [3.05, 3.63) is 18.0 Å². The third kappa shape index (κ3) is 3.41. The lowest BCUT2D eigenvalue weighted by Gasteiger charge is -2.23. The monoisotopic (exact) mass is 276 g/mol. The van der Waals surface area contributed by atoms with Crippen LogP contribution >= 0.6 is 0 Å². The van der Waals surface area contributed by atoms with Crippen molar-refractivity contribution in [1.29, 1.82) is 0 Å². The Hall–Kier alpha value is -0.870. The molecule has 4 nitrogen and oxygen atoms in total. The summed E-state index contributed by atoms with van der Waals surface area (Å²) < 4.78 is 2.19. The molecule has 1 aromatic rings. The highest BCUT2D eigenvalue weighted by Crippen LogP contribution is 2.28. The summed E-state index contributed by atoms with van der Waals surface area (Å²) in [4.78, 5) is 2.59. The second-order valence-corrected chi connectivity index (χ2v) is 6.45. The molecule has 1 saturated heterocycles. The number of hydrogen-bond acceptors (Lipinski definition) is 3. The quantitative estimate of drug-likeness (QED) is 0.867. The fourth-order valence-electron chi connectivity index (χ4n) is 3.56. The summed E-state index contributed by atoms with van der Waals surface area (Å²) >= 11 is 0. The van der Waals surface area contributed by atoms with Gasteiger partial charge in [-0.2, -0.15) is 5.10 Å². The SMILES string of the molecule is CC(CNCc1ccn(C2CCCC2)n1)N1CCCC1. The van der Waals surface area contributed by atoms with E-state index in [0.717, 1.165) is 13.1 Å². The van der Waals surface area contributed by atoms with E-state index in [1.54, 1.807) is 0 Å². The lowest BCUT2D eigenvalue weighted by Crippen LogP contribution is -2.38. The second-order valence-electron chi connectivity index (χ2n) is 6.45. The molecule has 1 atom stereocenters. The van der Waals surface area contributed by atoms with Crippen LogP contribution in [0.5, 0.6) is 0 Å². The molecule has 1 N–H and O–H groups in total. The highest BCUT2D eigenvalue weighted by Gasteiger charge is 2.18. The lowest BCUT2D eigenvalue weighted by atomic mass is 10.3. The van der Waals surface area contributed by atoms with Gasteiger partial charge in [0.25, 0.3) is 0 Å². The molecule has 0 radical (unpaired) electrons. The molecule has 3 rings (SSSR count). The predicted molar refractivity (Wildman–Crippen MR) is 81.7 cm³/mol. The Kier molecular flexibility index (Phi) is 4.73. The molecule has 20 heavy (non-hydrogen) atoms. The fourth-order valence-corrected chi connectivity index (χ4v) is 3.56. The molecule has 0 spiro atoms. The van der Waals surface area contributed by atoms with Crippen molar-refractivity contribution in [3.63, 3.8) is 0 Å². The minimum atomic E-state index is 0.648. The van der Waals surface area contributed by atoms with Gasteiger partial charge >= 0.3 is 0 Å². The van der Waals surface area contributed by atoms with Gasteiger partial charge in [0.05, 0.1) is 11.7 Å². The van der Waals surface area contributed by atoms with Gasteiger partial charge in [-0.3, -0.25) is 9.58 Å². The Morgan fingerprint density at radius 3 is 2.75 bits per heavy atom. The van der Waals surface area contributed by atoms with E-state index in [1.165, 1.54) is 57.3 Å². The summed E-state index contributed by atoms with van der Waals surface area (Å²) in [6, 6.07) is 3.48. The Labute approximate surface area is 122 Å². The van der Waals surface area contributed by atoms with Crippen LogP contribution in [0.1, 0.15) is 57.2 Å². The first-order valence-corrected chi connectivity index (χ1v) is 8.32. The van der Waals surface area contributed by atoms with Gasteiger partial charge < -0.3 is 5.32 Å². The number of rotatable bonds is 6. The maximum atomic E-state index is 4.73. The van der Waals surface area contributed by atoms with Gasteiger partial charge in [0.15, 0.2) is 0 Å². The van der Waals surface area contributed by atoms with Crippen molar-refractivity contribution in [2.24, 2.45) is 0 Å². The van der Waals surface area contributed by atoms with Crippen molar-refractivity contribution in [1.82, 2.24) is 20.0 Å². The molecule has 4 heteroatoms. The zero-order valence-corrected chi connectivity index (χ0v) is 12.7. The van der Waals surface area contributed by atoms with Crippen LogP contribution in [0.3, 0.4) is 0 Å². The summed E-state index contributed by atoms with van der Waals surface area (Å²) in [5.74, 6) is 0. The first-order valence-electron chi connectivity index (χ1n) is 8.32. The molecule has 0 aromatic carbocycles. The zero-order valence-electron chi connectivity index (χ0n) is 12.7. The Morgan fingerprint density at radius 1 is 1.25 bits per heavy atom. The van der Waals surface area contributed by atoms with Crippen LogP contribution in [0.4, 0.5) is 0 Å². The summed E-state index contributed by atoms with van der Waals surface area (Å²) in [5, 5.41) is 8.29. The summed E-state index contributed by atoms with van der Waals surface area (Å²) in [7, 11) is 0. The summed E-state index contributed by atoms with van der Waals surface area (Å²) in [6.45, 7) is 6.85. The maximum Gasteiger partial charge on any atom is 0.0762 e. The van der Waals surface area contributed by atoms with Crippen molar-refractivity contribution in [2.75, 3.05) is 19.6 Å². The first kappa shape index (κ1) is 14.1. The van der Waals surface area contributed by atoms with E-state index in [-0.39, 0.29) is 0 Å². The van der Waals surface area contributed by atoms with E-state index in [2.05, 4.69) is 34.1 Å². The lowest BCUT2D eigenvalue weighted by molar-refractivity contribution is 0.251. The van der Waals surface area contributed by atoms with Gasteiger partial charge in [0, 0.05) is 25.3 Å². The maximum absolute atomic E-state index is 4.73. The second kappa shape index (κ2) is 6.72. The van der Waals surface area contributed by atoms with Crippen molar-refractivity contribution < 1.29 is 0 Å². The molecule has 1 aliphatic heterocycles. The molecule has 1 aliphatic carbocycles. The van der Waals surface area contributed by atoms with Crippen LogP contribution in [0, 0.1) is 0 Å². The van der Waals surface area contributed by atoms with Gasteiger partial charge in [-0.25, -0.2) is 0 Å². The van der Waals surface area contributed by atoms with E-state index in [9.17, 15) is 0 Å². The largest absolute Gasteiger partial charge is 0.310 e. The smallest absolute Gasteiger partial charge is 0.0762 e. The molecule has 112 valence electrons. The molecule has 1 unspecified atom stereocenters. The van der Waals surface area contributed by atoms with Crippen LogP contribution in [-0.4, -0.2) is 40.4 Å². The minimum Gasteiger partial charge on any atom is -0.310 e. The third-order valence-electron chi connectivity index (χ3n) is 4.87. The minimum absolute atomic E-state index is 0.648. The van der Waals surface area contributed by atoms with Crippen LogP contribution < -0.4 is 5.32 Å². The molecular weight excluding hydrogens is 248 g/mol. The molecule has 0 amide bonds. The van der Waals surface area contributed by atoms with E-state index in [4.69, 9.17) is 5.10 Å². The highest BCUT2D eigenvalue weighted by atomic mass is 15.3. The van der Waals surface area contributed by atoms with Gasteiger partial charge in [0.2, 0.25) is 0 Å². The standard InChI is InChI=1S/C16H28N4/c1-14(19-9-4-5-10-19)12-17-13-15-8-11-20(18-15)16-6-2-3-7-16/h8,11,14,16-17H,2-7,9-10,12-13H2,1H3. The molecule has 2 heterocycles. The summed E-state index contributed by atoms with van der Waals surface area (Å²) in [5.41, 5.74) is 1.19. The molecule has 2 aliphatic rings. The number of nitrogens with one attached hydrogen (secondary N) is 1. The van der Waals surface area contributed by atoms with Crippen LogP contribution in [-0.2, 0) is 6.54 Å². The van der Waals surface area contributed by atoms with Crippen LogP contribution in [0.2, 0.25) is 0 Å². The van der Waals surface area contributed by atoms with Gasteiger partial charge in [-0.15, -0.1) is 0 Å². The van der Waals surface area contributed by atoms with Crippen LogP contribution in [0.15, 0.2) is 12.3 Å². The predicted octanol–water partition coefficient (Wildman–Crippen LogP) is 2.57. The Morgan fingerprint density at radius 2 is 2.00 bits per heavy atom. The van der Waals surface area contributed by atoms with Crippen molar-refractivity contribution in [3.8, 4) is 0 Å². The van der Waals surface area contributed by atoms with E-state index >= 15 is 0 Å². The molecule has 1 aromatic heterocycles. The zero-order chi connectivity index (χ0) is 13.8. The highest BCUT2D eigenvalue weighted by molar-refractivity contribution is 5.00. The number of nitrogens with zero attached hydrogens (tertiary/aromatic N) is 3. The van der Waals surface area contributed by atoms with Crippen molar-refractivity contribution >= 4 is 0 Å².